The fourth-order valence-electron chi connectivity index (χ4n) is 1.55. The molecule has 1 aromatic heterocycles. The Bertz CT molecular complexity index is 561. The van der Waals surface area contributed by atoms with Crippen molar-refractivity contribution in [3.63, 3.8) is 0 Å². The number of nitrogens with one attached hydrogen (secondary N) is 1. The van der Waals surface area contributed by atoms with Crippen LogP contribution in [0.1, 0.15) is 19.0 Å². The van der Waals surface area contributed by atoms with Gasteiger partial charge in [0.25, 0.3) is 0 Å². The van der Waals surface area contributed by atoms with Gasteiger partial charge >= 0.3 is 0 Å². The number of hydrogen-bond acceptors (Lipinski definition) is 4. The van der Waals surface area contributed by atoms with Crippen molar-refractivity contribution in [3.8, 4) is 11.6 Å². The Kier molecular flexibility index (Phi) is 5.59. The topological polar surface area (TPSA) is 47.0 Å². The second kappa shape index (κ2) is 7.43. The van der Waals surface area contributed by atoms with E-state index in [2.05, 4.69) is 22.2 Å². The van der Waals surface area contributed by atoms with E-state index >= 15 is 0 Å². The third kappa shape index (κ3) is 4.34. The van der Waals surface area contributed by atoms with Crippen molar-refractivity contribution in [2.24, 2.45) is 0 Å². The molecular formula is C14H15Cl2N3O. The molecule has 0 saturated heterocycles. The van der Waals surface area contributed by atoms with Gasteiger partial charge in [-0.25, -0.2) is 4.98 Å². The number of rotatable bonds is 6. The van der Waals surface area contributed by atoms with Gasteiger partial charge in [-0.05, 0) is 25.1 Å². The van der Waals surface area contributed by atoms with E-state index in [4.69, 9.17) is 27.9 Å². The van der Waals surface area contributed by atoms with Crippen LogP contribution < -0.4 is 10.1 Å². The third-order valence-corrected chi connectivity index (χ3v) is 3.07. The van der Waals surface area contributed by atoms with Crippen LogP contribution in [0.5, 0.6) is 11.6 Å². The minimum atomic E-state index is 0.383. The summed E-state index contributed by atoms with van der Waals surface area (Å²) < 4.78 is 5.56. The standard InChI is InChI=1S/C14H15Cl2N3O/c1-2-5-17-7-11-8-19-14(9-18-11)20-13-6-10(15)3-4-12(13)16/h3-4,6,8-9,17H,2,5,7H2,1H3. The predicted octanol–water partition coefficient (Wildman–Crippen LogP) is 4.08. The minimum Gasteiger partial charge on any atom is -0.436 e. The van der Waals surface area contributed by atoms with Crippen molar-refractivity contribution < 1.29 is 4.74 Å². The molecule has 0 aliphatic carbocycles. The average molecular weight is 312 g/mol. The highest BCUT2D eigenvalue weighted by Crippen LogP contribution is 2.30. The maximum absolute atomic E-state index is 6.02. The first kappa shape index (κ1) is 15.0. The fourth-order valence-corrected chi connectivity index (χ4v) is 1.87. The summed E-state index contributed by atoms with van der Waals surface area (Å²) in [7, 11) is 0. The molecule has 1 aromatic carbocycles. The highest BCUT2D eigenvalue weighted by atomic mass is 35.5. The molecule has 0 radical (unpaired) electrons. The van der Waals surface area contributed by atoms with Gasteiger partial charge in [-0.3, -0.25) is 4.98 Å². The van der Waals surface area contributed by atoms with Crippen LogP contribution in [0.15, 0.2) is 30.6 Å². The smallest absolute Gasteiger partial charge is 0.237 e. The zero-order valence-corrected chi connectivity index (χ0v) is 12.6. The van der Waals surface area contributed by atoms with Gasteiger partial charge in [0.05, 0.1) is 23.1 Å². The second-order valence-electron chi connectivity index (χ2n) is 4.20. The van der Waals surface area contributed by atoms with Crippen LogP contribution in [0.25, 0.3) is 0 Å². The van der Waals surface area contributed by atoms with Crippen molar-refractivity contribution >= 4 is 23.2 Å². The highest BCUT2D eigenvalue weighted by Gasteiger charge is 2.05. The molecule has 0 aliphatic heterocycles. The molecule has 0 saturated carbocycles. The number of ether oxygens (including phenoxy) is 1. The lowest BCUT2D eigenvalue weighted by Gasteiger charge is -2.07. The molecule has 6 heteroatoms. The van der Waals surface area contributed by atoms with E-state index in [0.717, 1.165) is 18.7 Å². The molecule has 0 bridgehead atoms. The summed E-state index contributed by atoms with van der Waals surface area (Å²) >= 11 is 11.9. The van der Waals surface area contributed by atoms with Crippen molar-refractivity contribution in [2.75, 3.05) is 6.54 Å². The van der Waals surface area contributed by atoms with Gasteiger partial charge in [-0.1, -0.05) is 30.1 Å². The van der Waals surface area contributed by atoms with E-state index in [1.807, 2.05) is 0 Å². The van der Waals surface area contributed by atoms with Gasteiger partial charge in [0, 0.05) is 17.6 Å². The van der Waals surface area contributed by atoms with Gasteiger partial charge in [0.1, 0.15) is 5.75 Å². The Morgan fingerprint density at radius 2 is 2.05 bits per heavy atom. The molecule has 1 heterocycles. The molecular weight excluding hydrogens is 297 g/mol. The minimum absolute atomic E-state index is 0.383. The van der Waals surface area contributed by atoms with Gasteiger partial charge in [-0.2, -0.15) is 0 Å². The van der Waals surface area contributed by atoms with Gasteiger partial charge in [-0.15, -0.1) is 0 Å². The Morgan fingerprint density at radius 1 is 1.20 bits per heavy atom. The van der Waals surface area contributed by atoms with E-state index in [9.17, 15) is 0 Å². The summed E-state index contributed by atoms with van der Waals surface area (Å²) in [5.74, 6) is 0.846. The van der Waals surface area contributed by atoms with Crippen molar-refractivity contribution in [1.82, 2.24) is 15.3 Å². The van der Waals surface area contributed by atoms with Crippen LogP contribution in [-0.2, 0) is 6.54 Å². The Morgan fingerprint density at radius 3 is 2.75 bits per heavy atom. The normalized spacial score (nSPS) is 10.6. The zero-order valence-electron chi connectivity index (χ0n) is 11.1. The van der Waals surface area contributed by atoms with E-state index in [1.165, 1.54) is 0 Å². The quantitative estimate of drug-likeness (QED) is 0.817. The summed E-state index contributed by atoms with van der Waals surface area (Å²) in [6, 6.07) is 5.02. The van der Waals surface area contributed by atoms with Crippen LogP contribution in [0.3, 0.4) is 0 Å². The lowest BCUT2D eigenvalue weighted by atomic mass is 10.3. The Labute approximate surface area is 128 Å². The molecule has 0 unspecified atom stereocenters. The molecule has 106 valence electrons. The molecule has 0 amide bonds. The van der Waals surface area contributed by atoms with Crippen LogP contribution in [0, 0.1) is 0 Å². The number of halogens is 2. The monoisotopic (exact) mass is 311 g/mol. The molecule has 0 spiro atoms. The van der Waals surface area contributed by atoms with Gasteiger partial charge < -0.3 is 10.1 Å². The Balaban J connectivity index is 2.01. The number of nitrogens with zero attached hydrogens (tertiary/aromatic N) is 2. The van der Waals surface area contributed by atoms with Crippen molar-refractivity contribution in [2.45, 2.75) is 19.9 Å². The molecule has 2 rings (SSSR count). The third-order valence-electron chi connectivity index (χ3n) is 2.52. The summed E-state index contributed by atoms with van der Waals surface area (Å²) in [6.07, 6.45) is 4.33. The predicted molar refractivity (Wildman–Crippen MR) is 80.6 cm³/mol. The molecule has 0 aliphatic rings. The van der Waals surface area contributed by atoms with Gasteiger partial charge in [0.15, 0.2) is 0 Å². The van der Waals surface area contributed by atoms with E-state index < -0.39 is 0 Å². The van der Waals surface area contributed by atoms with Gasteiger partial charge in [0.2, 0.25) is 5.88 Å². The summed E-state index contributed by atoms with van der Waals surface area (Å²) in [4.78, 5) is 8.47. The first-order chi connectivity index (χ1) is 9.69. The number of aromatic nitrogens is 2. The van der Waals surface area contributed by atoms with Crippen LogP contribution >= 0.6 is 23.2 Å². The maximum Gasteiger partial charge on any atom is 0.237 e. The molecule has 0 fully saturated rings. The summed E-state index contributed by atoms with van der Waals surface area (Å²) in [5, 5.41) is 4.29. The maximum atomic E-state index is 6.02. The van der Waals surface area contributed by atoms with Crippen molar-refractivity contribution in [3.05, 3.63) is 46.3 Å². The second-order valence-corrected chi connectivity index (χ2v) is 5.04. The van der Waals surface area contributed by atoms with Crippen LogP contribution in [0.2, 0.25) is 10.0 Å². The number of benzene rings is 1. The number of hydrogen-bond donors (Lipinski definition) is 1. The summed E-state index contributed by atoms with van der Waals surface area (Å²) in [6.45, 7) is 3.77. The molecule has 2 aromatic rings. The first-order valence-corrected chi connectivity index (χ1v) is 7.09. The SMILES string of the molecule is CCCNCc1cnc(Oc2cc(Cl)ccc2Cl)cn1. The zero-order chi connectivity index (χ0) is 14.4. The lowest BCUT2D eigenvalue weighted by Crippen LogP contribution is -2.14. The summed E-state index contributed by atoms with van der Waals surface area (Å²) in [5.41, 5.74) is 0.864. The van der Waals surface area contributed by atoms with Crippen molar-refractivity contribution in [1.29, 1.82) is 0 Å². The van der Waals surface area contributed by atoms with E-state index in [-0.39, 0.29) is 0 Å². The lowest BCUT2D eigenvalue weighted by molar-refractivity contribution is 0.459. The molecule has 20 heavy (non-hydrogen) atoms. The molecule has 1 N–H and O–H groups in total. The molecule has 4 nitrogen and oxygen atoms in total. The molecule has 0 atom stereocenters. The fraction of sp³-hybridized carbons (Fsp3) is 0.286. The van der Waals surface area contributed by atoms with E-state index in [0.29, 0.717) is 28.2 Å². The average Bonchev–Trinajstić information content (AvgIpc) is 2.45. The highest BCUT2D eigenvalue weighted by molar-refractivity contribution is 6.34. The Hall–Kier alpha value is -1.36. The first-order valence-electron chi connectivity index (χ1n) is 6.33. The van der Waals surface area contributed by atoms with Crippen LogP contribution in [0.4, 0.5) is 0 Å². The largest absolute Gasteiger partial charge is 0.436 e. The van der Waals surface area contributed by atoms with Crippen LogP contribution in [-0.4, -0.2) is 16.5 Å². The van der Waals surface area contributed by atoms with E-state index in [1.54, 1.807) is 30.6 Å².